The molecule has 0 saturated carbocycles. The van der Waals surface area contributed by atoms with Crippen molar-refractivity contribution < 1.29 is 43.1 Å². The van der Waals surface area contributed by atoms with Gasteiger partial charge in [-0.05, 0) is 44.7 Å². The van der Waals surface area contributed by atoms with Gasteiger partial charge in [0.1, 0.15) is 29.9 Å². The van der Waals surface area contributed by atoms with Gasteiger partial charge in [0, 0.05) is 0 Å². The predicted octanol–water partition coefficient (Wildman–Crippen LogP) is 1.36. The van der Waals surface area contributed by atoms with E-state index in [1.807, 2.05) is 12.1 Å². The van der Waals surface area contributed by atoms with Gasteiger partial charge in [0.2, 0.25) is 5.95 Å². The second-order valence-electron chi connectivity index (χ2n) is 12.1. The number of rotatable bonds is 16. The van der Waals surface area contributed by atoms with Crippen LogP contribution in [-0.4, -0.2) is 91.4 Å². The third kappa shape index (κ3) is 8.88. The van der Waals surface area contributed by atoms with Crippen molar-refractivity contribution in [3.05, 3.63) is 88.5 Å². The van der Waals surface area contributed by atoms with Gasteiger partial charge in [-0.1, -0.05) is 60.7 Å². The molecule has 5 rings (SSSR count). The molecule has 2 aromatic heterocycles. The van der Waals surface area contributed by atoms with Crippen LogP contribution in [0.25, 0.3) is 11.2 Å². The number of fused-ring (bicyclic) bond motifs is 1. The summed E-state index contributed by atoms with van der Waals surface area (Å²) in [6.07, 6.45) is -3.03. The van der Waals surface area contributed by atoms with E-state index in [4.69, 9.17) is 24.5 Å². The van der Waals surface area contributed by atoms with Crippen LogP contribution in [-0.2, 0) is 45.7 Å². The first-order chi connectivity index (χ1) is 24.3. The van der Waals surface area contributed by atoms with E-state index in [1.165, 1.54) is 17.8 Å². The SMILES string of the molecule is CCOC(=O)[C@H](Cc1ccccc1)NP(=O)(N[C@@H](Cc1ccccc1)C(=O)OCC)OC[C@H]1O[C@@H](n2cnc3c(=O)[nH]c(N)nc32)C(C)(O)[C@H]1O. The Balaban J connectivity index is 1.46. The number of nitrogens with zero attached hydrogens (tertiary/aromatic N) is 3. The molecule has 51 heavy (non-hydrogen) atoms. The average molecular weight is 728 g/mol. The minimum atomic E-state index is -4.48. The number of carbonyl (C=O) groups is 2. The van der Waals surface area contributed by atoms with Gasteiger partial charge in [-0.2, -0.15) is 4.98 Å². The van der Waals surface area contributed by atoms with E-state index >= 15 is 0 Å². The summed E-state index contributed by atoms with van der Waals surface area (Å²) in [4.78, 5) is 49.3. The first-order valence-electron chi connectivity index (χ1n) is 16.3. The lowest BCUT2D eigenvalue weighted by molar-refractivity contribution is -0.145. The fourth-order valence-electron chi connectivity index (χ4n) is 5.74. The van der Waals surface area contributed by atoms with Crippen LogP contribution >= 0.6 is 7.67 Å². The summed E-state index contributed by atoms with van der Waals surface area (Å²) in [5, 5.41) is 28.2. The Morgan fingerprint density at radius 3 is 2.06 bits per heavy atom. The molecule has 1 aliphatic heterocycles. The molecular weight excluding hydrogens is 685 g/mol. The summed E-state index contributed by atoms with van der Waals surface area (Å²) in [7, 11) is -4.48. The van der Waals surface area contributed by atoms with Gasteiger partial charge < -0.3 is 34.7 Å². The second-order valence-corrected chi connectivity index (χ2v) is 13.9. The zero-order valence-electron chi connectivity index (χ0n) is 28.3. The standard InChI is InChI=1S/C33H42N7O10P/c1-4-47-29(43)22(16-20-12-8-6-9-13-20)38-51(46,39-23(30(44)48-5-2)17-21-14-10-7-11-15-21)49-18-24-26(41)33(3,45)31(50-24)40-19-35-25-27(40)36-32(34)37-28(25)42/h6-15,19,22-24,26,31,41,45H,4-5,16-18H2,1-3H3,(H2,38,39,46)(H3,34,36,37,42)/t22-,23-,24+,26-,31+,33?/m0/s1. The van der Waals surface area contributed by atoms with Crippen molar-refractivity contribution >= 4 is 36.7 Å². The molecule has 0 radical (unpaired) electrons. The number of nitrogen functional groups attached to an aromatic ring is 1. The third-order valence-electron chi connectivity index (χ3n) is 8.24. The minimum Gasteiger partial charge on any atom is -0.465 e. The zero-order chi connectivity index (χ0) is 36.8. The number of carbonyl (C=O) groups excluding carboxylic acids is 2. The van der Waals surface area contributed by atoms with Gasteiger partial charge in [-0.15, -0.1) is 0 Å². The van der Waals surface area contributed by atoms with Crippen LogP contribution in [0.2, 0.25) is 0 Å². The van der Waals surface area contributed by atoms with Crippen LogP contribution in [0.4, 0.5) is 5.95 Å². The maximum atomic E-state index is 14.9. The van der Waals surface area contributed by atoms with E-state index in [0.29, 0.717) is 0 Å². The molecule has 0 amide bonds. The lowest BCUT2D eigenvalue weighted by Crippen LogP contribution is -2.47. The lowest BCUT2D eigenvalue weighted by atomic mass is 9.96. The molecule has 1 saturated heterocycles. The van der Waals surface area contributed by atoms with Crippen molar-refractivity contribution in [1.29, 1.82) is 0 Å². The first-order valence-corrected chi connectivity index (χ1v) is 18.0. The Hall–Kier alpha value is -4.48. The molecular formula is C33H42N7O10P. The summed E-state index contributed by atoms with van der Waals surface area (Å²) in [5.74, 6) is -1.66. The highest BCUT2D eigenvalue weighted by Crippen LogP contribution is 2.44. The van der Waals surface area contributed by atoms with E-state index in [-0.39, 0.29) is 43.2 Å². The van der Waals surface area contributed by atoms with Crippen LogP contribution in [0.1, 0.15) is 38.1 Å². The predicted molar refractivity (Wildman–Crippen MR) is 184 cm³/mol. The van der Waals surface area contributed by atoms with E-state index in [0.717, 1.165) is 11.1 Å². The number of aliphatic hydroxyl groups is 2. The molecule has 0 bridgehead atoms. The van der Waals surface area contributed by atoms with Crippen molar-refractivity contribution in [2.75, 3.05) is 25.6 Å². The first kappa shape index (κ1) is 37.8. The van der Waals surface area contributed by atoms with Crippen LogP contribution in [0.15, 0.2) is 71.8 Å². The molecule has 0 aliphatic carbocycles. The van der Waals surface area contributed by atoms with Crippen LogP contribution in [0, 0.1) is 0 Å². The molecule has 7 N–H and O–H groups in total. The fourth-order valence-corrected chi connectivity index (χ4v) is 7.54. The molecule has 3 heterocycles. The van der Waals surface area contributed by atoms with E-state index in [2.05, 4.69) is 25.1 Å². The summed E-state index contributed by atoms with van der Waals surface area (Å²) in [5.41, 5.74) is 4.45. The number of nitrogens with one attached hydrogen (secondary N) is 3. The molecule has 4 aromatic rings. The molecule has 0 spiro atoms. The largest absolute Gasteiger partial charge is 0.465 e. The number of nitrogens with two attached hydrogens (primary N) is 1. The molecule has 1 aliphatic rings. The van der Waals surface area contributed by atoms with Gasteiger partial charge in [-0.25, -0.2) is 15.2 Å². The number of H-pyrrole nitrogens is 1. The van der Waals surface area contributed by atoms with Crippen LogP contribution in [0.5, 0.6) is 0 Å². The lowest BCUT2D eigenvalue weighted by Gasteiger charge is -2.30. The number of aromatic nitrogens is 4. The third-order valence-corrected chi connectivity index (χ3v) is 10.1. The molecule has 2 aromatic carbocycles. The van der Waals surface area contributed by atoms with E-state index in [9.17, 15) is 29.2 Å². The summed E-state index contributed by atoms with van der Waals surface area (Å²) >= 11 is 0. The average Bonchev–Trinajstić information content (AvgIpc) is 3.61. The number of anilines is 1. The number of hydrogen-bond acceptors (Lipinski definition) is 13. The molecule has 17 nitrogen and oxygen atoms in total. The number of benzene rings is 2. The number of esters is 2. The topological polar surface area (TPSA) is 242 Å². The van der Waals surface area contributed by atoms with Gasteiger partial charge in [0.25, 0.3) is 5.56 Å². The summed E-state index contributed by atoms with van der Waals surface area (Å²) in [6.45, 7) is 4.03. The maximum Gasteiger partial charge on any atom is 0.342 e. The normalized spacial score (nSPS) is 21.7. The fraction of sp³-hybridized carbons (Fsp3) is 0.424. The zero-order valence-corrected chi connectivity index (χ0v) is 29.2. The van der Waals surface area contributed by atoms with Gasteiger partial charge in [0.05, 0.1) is 26.1 Å². The highest BCUT2D eigenvalue weighted by molar-refractivity contribution is 7.54. The minimum absolute atomic E-state index is 0.0133. The number of imidazole rings is 1. The summed E-state index contributed by atoms with van der Waals surface area (Å²) < 4.78 is 38.7. The Morgan fingerprint density at radius 2 is 1.55 bits per heavy atom. The number of aliphatic hydroxyl groups excluding tert-OH is 1. The van der Waals surface area contributed by atoms with Crippen molar-refractivity contribution in [2.45, 2.75) is 69.7 Å². The molecule has 6 atom stereocenters. The Bertz CT molecular complexity index is 1840. The molecule has 18 heteroatoms. The van der Waals surface area contributed by atoms with Crippen LogP contribution in [0.3, 0.4) is 0 Å². The Kier molecular flexibility index (Phi) is 12.0. The molecule has 274 valence electrons. The van der Waals surface area contributed by atoms with Gasteiger partial charge in [0.15, 0.2) is 17.4 Å². The highest BCUT2D eigenvalue weighted by atomic mass is 31.2. The monoisotopic (exact) mass is 727 g/mol. The van der Waals surface area contributed by atoms with Crippen molar-refractivity contribution in [2.24, 2.45) is 0 Å². The Labute approximate surface area is 293 Å². The van der Waals surface area contributed by atoms with E-state index < -0.39 is 67.9 Å². The molecule has 1 unspecified atom stereocenters. The number of ether oxygens (including phenoxy) is 3. The van der Waals surface area contributed by atoms with Crippen molar-refractivity contribution in [1.82, 2.24) is 29.7 Å². The van der Waals surface area contributed by atoms with Gasteiger partial charge in [-0.3, -0.25) is 28.5 Å². The second kappa shape index (κ2) is 16.2. The van der Waals surface area contributed by atoms with Crippen molar-refractivity contribution in [3.8, 4) is 0 Å². The maximum absolute atomic E-state index is 14.9. The summed E-state index contributed by atoms with van der Waals surface area (Å²) in [6, 6.07) is 15.4. The Morgan fingerprint density at radius 1 is 1.02 bits per heavy atom. The quantitative estimate of drug-likeness (QED) is 0.0705. The smallest absolute Gasteiger partial charge is 0.342 e. The number of aromatic amines is 1. The van der Waals surface area contributed by atoms with E-state index in [1.54, 1.807) is 62.4 Å². The van der Waals surface area contributed by atoms with Crippen LogP contribution < -0.4 is 21.5 Å². The van der Waals surface area contributed by atoms with Crippen molar-refractivity contribution in [3.63, 3.8) is 0 Å². The van der Waals surface area contributed by atoms with Gasteiger partial charge >= 0.3 is 19.6 Å². The number of hydrogen-bond donors (Lipinski definition) is 6. The molecule has 1 fully saturated rings. The highest BCUT2D eigenvalue weighted by Gasteiger charge is 2.54.